The van der Waals surface area contributed by atoms with E-state index in [4.69, 9.17) is 5.73 Å². The van der Waals surface area contributed by atoms with E-state index in [0.29, 0.717) is 18.4 Å². The molecule has 0 aliphatic heterocycles. The molecule has 0 unspecified atom stereocenters. The molecule has 1 aromatic rings. The Morgan fingerprint density at radius 3 is 2.43 bits per heavy atom. The molecule has 0 heterocycles. The van der Waals surface area contributed by atoms with Crippen LogP contribution in [-0.4, -0.2) is 29.4 Å². The highest BCUT2D eigenvalue weighted by Gasteiger charge is 2.30. The zero-order chi connectivity index (χ0) is 15.2. The van der Waals surface area contributed by atoms with Crippen LogP contribution in [0.5, 0.6) is 0 Å². The predicted molar refractivity (Wildman–Crippen MR) is 86.9 cm³/mol. The lowest BCUT2D eigenvalue weighted by Gasteiger charge is -2.32. The van der Waals surface area contributed by atoms with Crippen LogP contribution < -0.4 is 5.73 Å². The van der Waals surface area contributed by atoms with E-state index in [0.717, 1.165) is 24.9 Å². The Balaban J connectivity index is 2.02. The molecule has 1 saturated carbocycles. The Hall–Kier alpha value is -1.35. The van der Waals surface area contributed by atoms with Crippen LogP contribution in [0.3, 0.4) is 0 Å². The normalized spacial score (nSPS) is 17.1. The molecular formula is C18H28N2O. The summed E-state index contributed by atoms with van der Waals surface area (Å²) in [5.41, 5.74) is 7.34. The maximum absolute atomic E-state index is 12.8. The van der Waals surface area contributed by atoms with Crippen LogP contribution in [0.15, 0.2) is 30.3 Å². The number of benzene rings is 1. The maximum atomic E-state index is 12.8. The van der Waals surface area contributed by atoms with Crippen molar-refractivity contribution in [3.8, 4) is 0 Å². The second-order valence-electron chi connectivity index (χ2n) is 6.62. The van der Waals surface area contributed by atoms with E-state index >= 15 is 0 Å². The number of nitrogens with two attached hydrogens (primary N) is 1. The van der Waals surface area contributed by atoms with E-state index in [1.165, 1.54) is 12.8 Å². The predicted octanol–water partition coefficient (Wildman–Crippen LogP) is 2.98. The number of hydrogen-bond acceptors (Lipinski definition) is 2. The quantitative estimate of drug-likeness (QED) is 0.874. The summed E-state index contributed by atoms with van der Waals surface area (Å²) in [6.07, 6.45) is 5.37. The van der Waals surface area contributed by atoms with Gasteiger partial charge in [-0.1, -0.05) is 57.0 Å². The van der Waals surface area contributed by atoms with Gasteiger partial charge in [0.05, 0.1) is 6.04 Å². The van der Waals surface area contributed by atoms with Crippen LogP contribution in [0.4, 0.5) is 0 Å². The summed E-state index contributed by atoms with van der Waals surface area (Å²) in [4.78, 5) is 14.8. The fraction of sp³-hybridized carbons (Fsp3) is 0.611. The van der Waals surface area contributed by atoms with Crippen molar-refractivity contribution in [1.82, 2.24) is 4.90 Å². The molecule has 3 nitrogen and oxygen atoms in total. The summed E-state index contributed by atoms with van der Waals surface area (Å²) < 4.78 is 0. The Kier molecular flexibility index (Phi) is 5.80. The molecule has 3 heteroatoms. The average Bonchev–Trinajstić information content (AvgIpc) is 2.99. The minimum Gasteiger partial charge on any atom is -0.338 e. The third-order valence-corrected chi connectivity index (χ3v) is 4.23. The van der Waals surface area contributed by atoms with Gasteiger partial charge in [0.15, 0.2) is 0 Å². The molecular weight excluding hydrogens is 260 g/mol. The largest absolute Gasteiger partial charge is 0.338 e. The van der Waals surface area contributed by atoms with E-state index in [9.17, 15) is 4.79 Å². The first-order chi connectivity index (χ1) is 10.1. The highest BCUT2D eigenvalue weighted by Crippen LogP contribution is 2.25. The lowest BCUT2D eigenvalue weighted by atomic mass is 10.0. The van der Waals surface area contributed by atoms with Gasteiger partial charge in [-0.25, -0.2) is 0 Å². The second-order valence-corrected chi connectivity index (χ2v) is 6.62. The first kappa shape index (κ1) is 16.0. The Bertz CT molecular complexity index is 438. The van der Waals surface area contributed by atoms with Gasteiger partial charge in [0.25, 0.3) is 0 Å². The molecule has 1 atom stereocenters. The van der Waals surface area contributed by atoms with Gasteiger partial charge in [-0.2, -0.15) is 0 Å². The van der Waals surface area contributed by atoms with Crippen molar-refractivity contribution in [2.24, 2.45) is 11.7 Å². The Morgan fingerprint density at radius 1 is 1.24 bits per heavy atom. The molecule has 2 N–H and O–H groups in total. The molecule has 1 fully saturated rings. The molecule has 0 bridgehead atoms. The fourth-order valence-electron chi connectivity index (χ4n) is 3.20. The first-order valence-corrected chi connectivity index (χ1v) is 8.18. The molecule has 116 valence electrons. The average molecular weight is 288 g/mol. The summed E-state index contributed by atoms with van der Waals surface area (Å²) in [6, 6.07) is 10.0. The first-order valence-electron chi connectivity index (χ1n) is 8.18. The minimum atomic E-state index is -0.424. The van der Waals surface area contributed by atoms with Gasteiger partial charge in [0.2, 0.25) is 5.91 Å². The molecule has 1 aliphatic rings. The lowest BCUT2D eigenvalue weighted by molar-refractivity contribution is -0.135. The molecule has 0 aromatic heterocycles. The van der Waals surface area contributed by atoms with Crippen molar-refractivity contribution < 1.29 is 4.79 Å². The fourth-order valence-corrected chi connectivity index (χ4v) is 3.20. The standard InChI is InChI=1S/C18H28N2O/c1-14(2)13-20(16-10-6-7-11-16)18(21)17(19)12-15-8-4-3-5-9-15/h3-5,8-9,14,16-17H,6-7,10-13,19H2,1-2H3/t17-/m1/s1. The van der Waals surface area contributed by atoms with Gasteiger partial charge in [-0.05, 0) is 30.7 Å². The van der Waals surface area contributed by atoms with Crippen molar-refractivity contribution >= 4 is 5.91 Å². The molecule has 1 aromatic carbocycles. The van der Waals surface area contributed by atoms with Crippen molar-refractivity contribution in [2.75, 3.05) is 6.54 Å². The van der Waals surface area contributed by atoms with Crippen LogP contribution in [0.1, 0.15) is 45.1 Å². The summed E-state index contributed by atoms with van der Waals surface area (Å²) in [7, 11) is 0. The van der Waals surface area contributed by atoms with Crippen molar-refractivity contribution in [3.63, 3.8) is 0 Å². The SMILES string of the molecule is CC(C)CN(C(=O)[C@H](N)Cc1ccccc1)C1CCCC1. The van der Waals surface area contributed by atoms with Crippen molar-refractivity contribution in [1.29, 1.82) is 0 Å². The zero-order valence-corrected chi connectivity index (χ0v) is 13.3. The van der Waals surface area contributed by atoms with Crippen LogP contribution in [0.2, 0.25) is 0 Å². The minimum absolute atomic E-state index is 0.124. The summed E-state index contributed by atoms with van der Waals surface area (Å²) in [5.74, 6) is 0.609. The van der Waals surface area contributed by atoms with Gasteiger partial charge in [-0.3, -0.25) is 4.79 Å². The van der Waals surface area contributed by atoms with Gasteiger partial charge in [0.1, 0.15) is 0 Å². The summed E-state index contributed by atoms with van der Waals surface area (Å²) in [5, 5.41) is 0. The van der Waals surface area contributed by atoms with Crippen molar-refractivity contribution in [2.45, 2.75) is 58.0 Å². The number of nitrogens with zero attached hydrogens (tertiary/aromatic N) is 1. The molecule has 0 radical (unpaired) electrons. The number of amides is 1. The van der Waals surface area contributed by atoms with E-state index in [2.05, 4.69) is 18.7 Å². The van der Waals surface area contributed by atoms with Gasteiger partial charge in [-0.15, -0.1) is 0 Å². The van der Waals surface area contributed by atoms with E-state index < -0.39 is 6.04 Å². The topological polar surface area (TPSA) is 46.3 Å². The summed E-state index contributed by atoms with van der Waals surface area (Å²) >= 11 is 0. The molecule has 21 heavy (non-hydrogen) atoms. The molecule has 1 aliphatic carbocycles. The molecule has 2 rings (SSSR count). The Labute approximate surface area is 128 Å². The monoisotopic (exact) mass is 288 g/mol. The van der Waals surface area contributed by atoms with E-state index in [-0.39, 0.29) is 5.91 Å². The van der Waals surface area contributed by atoms with Gasteiger partial charge >= 0.3 is 0 Å². The third-order valence-electron chi connectivity index (χ3n) is 4.23. The highest BCUT2D eigenvalue weighted by atomic mass is 16.2. The summed E-state index contributed by atoms with van der Waals surface area (Å²) in [6.45, 7) is 5.15. The molecule has 1 amide bonds. The molecule has 0 spiro atoms. The highest BCUT2D eigenvalue weighted by molar-refractivity contribution is 5.82. The van der Waals surface area contributed by atoms with Gasteiger partial charge < -0.3 is 10.6 Å². The second kappa shape index (κ2) is 7.60. The van der Waals surface area contributed by atoms with Gasteiger partial charge in [0, 0.05) is 12.6 Å². The maximum Gasteiger partial charge on any atom is 0.240 e. The number of hydrogen-bond donors (Lipinski definition) is 1. The van der Waals surface area contributed by atoms with Crippen LogP contribution in [0.25, 0.3) is 0 Å². The van der Waals surface area contributed by atoms with E-state index in [1.807, 2.05) is 30.3 Å². The van der Waals surface area contributed by atoms with Crippen LogP contribution >= 0.6 is 0 Å². The zero-order valence-electron chi connectivity index (χ0n) is 13.3. The lowest BCUT2D eigenvalue weighted by Crippen LogP contribution is -2.50. The third kappa shape index (κ3) is 4.57. The smallest absolute Gasteiger partial charge is 0.240 e. The Morgan fingerprint density at radius 2 is 1.86 bits per heavy atom. The van der Waals surface area contributed by atoms with E-state index in [1.54, 1.807) is 0 Å². The van der Waals surface area contributed by atoms with Crippen molar-refractivity contribution in [3.05, 3.63) is 35.9 Å². The van der Waals surface area contributed by atoms with Crippen LogP contribution in [-0.2, 0) is 11.2 Å². The number of carbonyl (C=O) groups excluding carboxylic acids is 1. The van der Waals surface area contributed by atoms with Crippen LogP contribution in [0, 0.1) is 5.92 Å². The number of carbonyl (C=O) groups is 1. The number of rotatable bonds is 6. The molecule has 0 saturated heterocycles.